The van der Waals surface area contributed by atoms with E-state index in [4.69, 9.17) is 14.7 Å². The van der Waals surface area contributed by atoms with Gasteiger partial charge in [0.15, 0.2) is 12.6 Å². The van der Waals surface area contributed by atoms with Crippen molar-refractivity contribution in [2.45, 2.75) is 27.2 Å². The number of aromatic nitrogens is 5. The molecule has 0 aliphatic carbocycles. The van der Waals surface area contributed by atoms with Crippen LogP contribution in [0, 0.1) is 17.6 Å². The van der Waals surface area contributed by atoms with Crippen LogP contribution < -0.4 is 9.64 Å². The summed E-state index contributed by atoms with van der Waals surface area (Å²) in [7, 11) is 0. The second kappa shape index (κ2) is 10.7. The summed E-state index contributed by atoms with van der Waals surface area (Å²) in [6, 6.07) is 5.43. The summed E-state index contributed by atoms with van der Waals surface area (Å²) in [5, 5.41) is 4.06. The van der Waals surface area contributed by atoms with Crippen LogP contribution in [-0.4, -0.2) is 62.4 Å². The summed E-state index contributed by atoms with van der Waals surface area (Å²) >= 11 is 0. The zero-order valence-electron chi connectivity index (χ0n) is 20.7. The summed E-state index contributed by atoms with van der Waals surface area (Å²) < 4.78 is 47.6. The normalized spacial score (nSPS) is 14.6. The van der Waals surface area contributed by atoms with E-state index >= 15 is 0 Å². The largest absolute Gasteiger partial charge is 0.477 e. The van der Waals surface area contributed by atoms with Crippen molar-refractivity contribution in [1.29, 1.82) is 0 Å². The molecule has 1 aromatic carbocycles. The lowest BCUT2D eigenvalue weighted by atomic mass is 10.1. The van der Waals surface area contributed by atoms with Gasteiger partial charge in [-0.1, -0.05) is 19.9 Å². The monoisotopic (exact) mass is 511 g/mol. The predicted molar refractivity (Wildman–Crippen MR) is 134 cm³/mol. The molecule has 0 atom stereocenters. The first-order chi connectivity index (χ1) is 17.9. The molecule has 0 bridgehead atoms. The number of rotatable bonds is 8. The number of pyridine rings is 1. The van der Waals surface area contributed by atoms with E-state index in [-0.39, 0.29) is 0 Å². The third-order valence-electron chi connectivity index (χ3n) is 6.18. The Kier molecular flexibility index (Phi) is 7.22. The molecule has 0 radical (unpaired) electrons. The SMILES string of the molecule is CC(C)COc1cc2nc(-c3cnn(CF)c3)c(N3CCN(Cc4ccc(F)cc4F)CC3)nc2cn1. The van der Waals surface area contributed by atoms with Gasteiger partial charge < -0.3 is 9.64 Å². The molecule has 1 fully saturated rings. The van der Waals surface area contributed by atoms with E-state index in [0.717, 1.165) is 6.07 Å². The van der Waals surface area contributed by atoms with Crippen molar-refractivity contribution in [3.05, 3.63) is 60.1 Å². The van der Waals surface area contributed by atoms with Crippen LogP contribution in [0.5, 0.6) is 5.88 Å². The summed E-state index contributed by atoms with van der Waals surface area (Å²) in [6.07, 6.45) is 4.82. The molecule has 1 saturated heterocycles. The Morgan fingerprint density at radius 2 is 1.81 bits per heavy atom. The van der Waals surface area contributed by atoms with E-state index in [9.17, 15) is 13.2 Å². The third-order valence-corrected chi connectivity index (χ3v) is 6.18. The van der Waals surface area contributed by atoms with Crippen LogP contribution in [0.15, 0.2) is 42.9 Å². The topological polar surface area (TPSA) is 72.2 Å². The van der Waals surface area contributed by atoms with Crippen LogP contribution >= 0.6 is 0 Å². The molecule has 1 aliphatic heterocycles. The van der Waals surface area contributed by atoms with Crippen LogP contribution in [0.4, 0.5) is 19.0 Å². The van der Waals surface area contributed by atoms with Crippen molar-refractivity contribution in [3.8, 4) is 17.1 Å². The van der Waals surface area contributed by atoms with Gasteiger partial charge in [-0.25, -0.2) is 32.8 Å². The quantitative estimate of drug-likeness (QED) is 0.346. The number of hydrogen-bond acceptors (Lipinski definition) is 7. The van der Waals surface area contributed by atoms with Crippen molar-refractivity contribution in [2.75, 3.05) is 37.7 Å². The Hall–Kier alpha value is -3.73. The van der Waals surface area contributed by atoms with E-state index in [1.165, 1.54) is 16.8 Å². The second-order valence-corrected chi connectivity index (χ2v) is 9.50. The second-order valence-electron chi connectivity index (χ2n) is 9.50. The lowest BCUT2D eigenvalue weighted by molar-refractivity contribution is 0.246. The van der Waals surface area contributed by atoms with Gasteiger partial charge in [0.1, 0.15) is 22.8 Å². The van der Waals surface area contributed by atoms with Gasteiger partial charge in [-0.05, 0) is 12.0 Å². The maximum absolute atomic E-state index is 14.1. The van der Waals surface area contributed by atoms with Gasteiger partial charge in [0.05, 0.1) is 24.5 Å². The Labute approximate surface area is 212 Å². The maximum atomic E-state index is 14.1. The Balaban J connectivity index is 1.41. The summed E-state index contributed by atoms with van der Waals surface area (Å²) in [5.74, 6) is 0.342. The smallest absolute Gasteiger partial charge is 0.215 e. The maximum Gasteiger partial charge on any atom is 0.215 e. The van der Waals surface area contributed by atoms with Crippen LogP contribution in [-0.2, 0) is 13.3 Å². The minimum atomic E-state index is -0.744. The average molecular weight is 512 g/mol. The Bertz CT molecular complexity index is 1390. The van der Waals surface area contributed by atoms with Crippen LogP contribution in [0.1, 0.15) is 19.4 Å². The first-order valence-electron chi connectivity index (χ1n) is 12.2. The molecule has 0 saturated carbocycles. The number of anilines is 1. The summed E-state index contributed by atoms with van der Waals surface area (Å²) in [6.45, 7) is 6.85. The highest BCUT2D eigenvalue weighted by Crippen LogP contribution is 2.31. The standard InChI is InChI=1S/C26H28F3N7O/c1-17(2)15-37-24-10-22-23(12-30-24)33-26(25(32-22)19-11-31-36(14-19)16-27)35-7-5-34(6-8-35)13-18-3-4-20(28)9-21(18)29/h3-4,9-12,14,17H,5-8,13,15-16H2,1-2H3. The number of piperazine rings is 1. The zero-order valence-corrected chi connectivity index (χ0v) is 20.7. The molecule has 194 valence electrons. The number of hydrogen-bond donors (Lipinski definition) is 0. The molecule has 0 amide bonds. The van der Waals surface area contributed by atoms with Crippen molar-refractivity contribution >= 4 is 16.9 Å². The van der Waals surface area contributed by atoms with Gasteiger partial charge in [-0.2, -0.15) is 5.10 Å². The lowest BCUT2D eigenvalue weighted by Gasteiger charge is -2.36. The molecule has 3 aromatic heterocycles. The molecule has 4 aromatic rings. The molecule has 11 heteroatoms. The van der Waals surface area contributed by atoms with Gasteiger partial charge in [0.2, 0.25) is 5.88 Å². The van der Waals surface area contributed by atoms with Crippen molar-refractivity contribution < 1.29 is 17.9 Å². The number of halogens is 3. The number of alkyl halides is 1. The van der Waals surface area contributed by atoms with Crippen molar-refractivity contribution in [3.63, 3.8) is 0 Å². The zero-order chi connectivity index (χ0) is 25.9. The van der Waals surface area contributed by atoms with Crippen molar-refractivity contribution in [2.24, 2.45) is 5.92 Å². The van der Waals surface area contributed by atoms with Gasteiger partial charge in [0.25, 0.3) is 0 Å². The first kappa shape index (κ1) is 24.9. The highest BCUT2D eigenvalue weighted by molar-refractivity contribution is 5.83. The summed E-state index contributed by atoms with van der Waals surface area (Å²) in [4.78, 5) is 18.3. The highest BCUT2D eigenvalue weighted by Gasteiger charge is 2.24. The number of nitrogens with zero attached hydrogens (tertiary/aromatic N) is 7. The fraction of sp³-hybridized carbons (Fsp3) is 0.385. The fourth-order valence-corrected chi connectivity index (χ4v) is 4.24. The molecular formula is C26H28F3N7O. The number of fused-ring (bicyclic) bond motifs is 1. The molecule has 4 heterocycles. The fourth-order valence-electron chi connectivity index (χ4n) is 4.24. The third kappa shape index (κ3) is 5.66. The molecule has 0 spiro atoms. The molecule has 8 nitrogen and oxygen atoms in total. The predicted octanol–water partition coefficient (Wildman–Crippen LogP) is 4.45. The van der Waals surface area contributed by atoms with E-state index in [0.29, 0.717) is 84.8 Å². The molecule has 37 heavy (non-hydrogen) atoms. The van der Waals surface area contributed by atoms with Crippen LogP contribution in [0.2, 0.25) is 0 Å². The Morgan fingerprint density at radius 1 is 1.00 bits per heavy atom. The van der Waals surface area contributed by atoms with Gasteiger partial charge in [-0.15, -0.1) is 0 Å². The first-order valence-corrected chi connectivity index (χ1v) is 12.2. The van der Waals surface area contributed by atoms with Gasteiger partial charge >= 0.3 is 0 Å². The van der Waals surface area contributed by atoms with E-state index in [2.05, 4.69) is 33.7 Å². The van der Waals surface area contributed by atoms with Crippen LogP contribution in [0.25, 0.3) is 22.3 Å². The van der Waals surface area contributed by atoms with E-state index in [1.54, 1.807) is 24.7 Å². The average Bonchev–Trinajstić information content (AvgIpc) is 3.38. The van der Waals surface area contributed by atoms with Gasteiger partial charge in [-0.3, -0.25) is 4.90 Å². The number of benzene rings is 1. The lowest BCUT2D eigenvalue weighted by Crippen LogP contribution is -2.46. The number of ether oxygens (including phenoxy) is 1. The summed E-state index contributed by atoms with van der Waals surface area (Å²) in [5.41, 5.74) is 2.93. The minimum absolute atomic E-state index is 0.353. The molecule has 0 unspecified atom stereocenters. The van der Waals surface area contributed by atoms with Gasteiger partial charge in [0, 0.05) is 62.2 Å². The van der Waals surface area contributed by atoms with Crippen LogP contribution in [0.3, 0.4) is 0 Å². The highest BCUT2D eigenvalue weighted by atomic mass is 19.1. The molecule has 0 N–H and O–H groups in total. The Morgan fingerprint density at radius 3 is 2.51 bits per heavy atom. The molecule has 1 aliphatic rings. The van der Waals surface area contributed by atoms with Crippen molar-refractivity contribution in [1.82, 2.24) is 29.6 Å². The molecule has 5 rings (SSSR count). The molecular weight excluding hydrogens is 483 g/mol. The van der Waals surface area contributed by atoms with E-state index in [1.807, 2.05) is 0 Å². The van der Waals surface area contributed by atoms with E-state index < -0.39 is 18.4 Å². The minimum Gasteiger partial charge on any atom is -0.477 e.